The van der Waals surface area contributed by atoms with Crippen molar-refractivity contribution in [3.8, 4) is 0 Å². The van der Waals surface area contributed by atoms with Crippen molar-refractivity contribution in [1.82, 2.24) is 25.3 Å². The van der Waals surface area contributed by atoms with Gasteiger partial charge in [0, 0.05) is 50.9 Å². The summed E-state index contributed by atoms with van der Waals surface area (Å²) in [6.45, 7) is 3.91. The van der Waals surface area contributed by atoms with Gasteiger partial charge in [-0.15, -0.1) is 0 Å². The third-order valence-electron chi connectivity index (χ3n) is 6.08. The average molecular weight is 446 g/mol. The van der Waals surface area contributed by atoms with E-state index in [9.17, 15) is 9.59 Å². The van der Waals surface area contributed by atoms with Gasteiger partial charge in [-0.3, -0.25) is 9.48 Å². The Kier molecular flexibility index (Phi) is 5.70. The number of nitrogens with zero attached hydrogens (tertiary/aromatic N) is 4. The van der Waals surface area contributed by atoms with E-state index in [1.54, 1.807) is 15.8 Å². The molecule has 5 rings (SSSR count). The van der Waals surface area contributed by atoms with Gasteiger partial charge in [-0.2, -0.15) is 5.10 Å². The van der Waals surface area contributed by atoms with Crippen LogP contribution in [0.1, 0.15) is 21.5 Å². The molecule has 2 aliphatic heterocycles. The first kappa shape index (κ1) is 21.0. The highest BCUT2D eigenvalue weighted by Crippen LogP contribution is 2.36. The number of carbonyl (C=O) groups excluding carboxylic acids is 2. The Morgan fingerprint density at radius 3 is 2.61 bits per heavy atom. The van der Waals surface area contributed by atoms with Crippen LogP contribution in [-0.2, 0) is 20.1 Å². The number of anilines is 3. The number of rotatable bonds is 3. The highest BCUT2D eigenvalue weighted by molar-refractivity contribution is 6.08. The molecule has 3 N–H and O–H groups in total. The fourth-order valence-electron chi connectivity index (χ4n) is 4.22. The predicted octanol–water partition coefficient (Wildman–Crippen LogP) is 2.44. The van der Waals surface area contributed by atoms with Gasteiger partial charge in [0.25, 0.3) is 5.91 Å². The van der Waals surface area contributed by atoms with E-state index in [-0.39, 0.29) is 11.9 Å². The molecule has 2 aromatic carbocycles. The summed E-state index contributed by atoms with van der Waals surface area (Å²) in [6, 6.07) is 15.1. The second kappa shape index (κ2) is 8.95. The minimum Gasteiger partial charge on any atom is -0.338 e. The second-order valence-corrected chi connectivity index (χ2v) is 8.27. The molecule has 0 atom stereocenters. The number of aromatic nitrogens is 2. The van der Waals surface area contributed by atoms with Crippen molar-refractivity contribution < 1.29 is 9.59 Å². The van der Waals surface area contributed by atoms with Gasteiger partial charge in [0.1, 0.15) is 5.82 Å². The first-order valence-corrected chi connectivity index (χ1v) is 11.1. The maximum Gasteiger partial charge on any atom is 0.317 e. The zero-order chi connectivity index (χ0) is 22.8. The number of amides is 3. The fourth-order valence-corrected chi connectivity index (χ4v) is 4.22. The number of piperazine rings is 1. The van der Waals surface area contributed by atoms with Crippen molar-refractivity contribution in [3.63, 3.8) is 0 Å². The lowest BCUT2D eigenvalue weighted by Gasteiger charge is -2.27. The summed E-state index contributed by atoms with van der Waals surface area (Å²) in [7, 11) is 1.88. The van der Waals surface area contributed by atoms with Crippen molar-refractivity contribution >= 4 is 29.1 Å². The molecule has 9 heteroatoms. The predicted molar refractivity (Wildman–Crippen MR) is 127 cm³/mol. The minimum absolute atomic E-state index is 0.0578. The number of urea groups is 1. The lowest BCUT2D eigenvalue weighted by Crippen LogP contribution is -2.50. The van der Waals surface area contributed by atoms with Gasteiger partial charge in [-0.05, 0) is 29.8 Å². The smallest absolute Gasteiger partial charge is 0.317 e. The Bertz CT molecular complexity index is 1170. The first-order valence-electron chi connectivity index (χ1n) is 11.1. The summed E-state index contributed by atoms with van der Waals surface area (Å²) < 4.78 is 1.78. The second-order valence-electron chi connectivity index (χ2n) is 8.27. The van der Waals surface area contributed by atoms with Crippen LogP contribution >= 0.6 is 0 Å². The molecule has 0 saturated carbocycles. The lowest BCUT2D eigenvalue weighted by atomic mass is 10.1. The van der Waals surface area contributed by atoms with Gasteiger partial charge in [-0.25, -0.2) is 4.79 Å². The van der Waals surface area contributed by atoms with Crippen molar-refractivity contribution in [3.05, 3.63) is 71.4 Å². The highest BCUT2D eigenvalue weighted by atomic mass is 16.2. The summed E-state index contributed by atoms with van der Waals surface area (Å²) in [5, 5.41) is 13.9. The van der Waals surface area contributed by atoms with Crippen molar-refractivity contribution in [1.29, 1.82) is 0 Å². The number of hydrogen-bond donors (Lipinski definition) is 3. The summed E-state index contributed by atoms with van der Waals surface area (Å²) in [5.41, 5.74) is 4.18. The van der Waals surface area contributed by atoms with Crippen LogP contribution in [0.3, 0.4) is 0 Å². The molecule has 3 aromatic rings. The Balaban J connectivity index is 1.31. The zero-order valence-corrected chi connectivity index (χ0v) is 18.5. The summed E-state index contributed by atoms with van der Waals surface area (Å²) in [5.74, 6) is 0.797. The molecule has 1 aromatic heterocycles. The summed E-state index contributed by atoms with van der Waals surface area (Å²) in [4.78, 5) is 29.4. The van der Waals surface area contributed by atoms with Crippen molar-refractivity contribution in [2.45, 2.75) is 13.1 Å². The molecule has 0 radical (unpaired) electrons. The first-order chi connectivity index (χ1) is 16.1. The normalized spacial score (nSPS) is 15.2. The van der Waals surface area contributed by atoms with Crippen LogP contribution < -0.4 is 20.9 Å². The van der Waals surface area contributed by atoms with Gasteiger partial charge < -0.3 is 25.8 Å². The summed E-state index contributed by atoms with van der Waals surface area (Å²) in [6.07, 6.45) is 1.79. The van der Waals surface area contributed by atoms with E-state index in [0.717, 1.165) is 41.4 Å². The van der Waals surface area contributed by atoms with Crippen LogP contribution in [0.4, 0.5) is 22.0 Å². The number of carbonyl (C=O) groups is 2. The van der Waals surface area contributed by atoms with Crippen LogP contribution in [-0.4, -0.2) is 52.8 Å². The standard InChI is InChI=1S/C24H27N7O2/c1-29-22-19(15-27-29)16-31(21-5-3-2-4-20(21)28-22)23(32)18-8-6-17(7-9-18)14-26-24(33)30-12-10-25-11-13-30/h2-9,15,25,28H,10-14,16H2,1H3,(H,26,33). The number of benzene rings is 2. The Labute approximate surface area is 192 Å². The van der Waals surface area contributed by atoms with Crippen molar-refractivity contribution in [2.24, 2.45) is 7.05 Å². The molecule has 0 bridgehead atoms. The molecular formula is C24H27N7O2. The van der Waals surface area contributed by atoms with E-state index >= 15 is 0 Å². The molecule has 0 aliphatic carbocycles. The maximum absolute atomic E-state index is 13.5. The van der Waals surface area contributed by atoms with Crippen LogP contribution in [0.2, 0.25) is 0 Å². The number of para-hydroxylation sites is 2. The molecule has 3 amide bonds. The van der Waals surface area contributed by atoms with E-state index in [1.807, 2.05) is 60.5 Å². The number of nitrogens with one attached hydrogen (secondary N) is 3. The largest absolute Gasteiger partial charge is 0.338 e. The van der Waals surface area contributed by atoms with Crippen molar-refractivity contribution in [2.75, 3.05) is 36.4 Å². The number of fused-ring (bicyclic) bond motifs is 2. The Morgan fingerprint density at radius 1 is 1.06 bits per heavy atom. The molecule has 0 unspecified atom stereocenters. The number of aryl methyl sites for hydroxylation is 1. The molecule has 2 aliphatic rings. The SMILES string of the molecule is Cn1ncc2c1Nc1ccccc1N(C(=O)c1ccc(CNC(=O)N3CCNCC3)cc1)C2. The Hall–Kier alpha value is -3.85. The number of hydrogen-bond acceptors (Lipinski definition) is 5. The molecule has 33 heavy (non-hydrogen) atoms. The van der Waals surface area contributed by atoms with E-state index in [2.05, 4.69) is 21.0 Å². The monoisotopic (exact) mass is 445 g/mol. The molecule has 3 heterocycles. The van der Waals surface area contributed by atoms with Gasteiger partial charge in [0.2, 0.25) is 0 Å². The molecule has 1 saturated heterocycles. The van der Waals surface area contributed by atoms with E-state index in [4.69, 9.17) is 0 Å². The van der Waals surface area contributed by atoms with Gasteiger partial charge in [0.15, 0.2) is 0 Å². The molecule has 170 valence electrons. The summed E-state index contributed by atoms with van der Waals surface area (Å²) >= 11 is 0. The van der Waals surface area contributed by atoms with Gasteiger partial charge in [0.05, 0.1) is 24.1 Å². The molecule has 9 nitrogen and oxygen atoms in total. The topological polar surface area (TPSA) is 94.5 Å². The molecular weight excluding hydrogens is 418 g/mol. The maximum atomic E-state index is 13.5. The third-order valence-corrected chi connectivity index (χ3v) is 6.08. The van der Waals surface area contributed by atoms with E-state index in [1.165, 1.54) is 0 Å². The Morgan fingerprint density at radius 2 is 1.82 bits per heavy atom. The van der Waals surface area contributed by atoms with E-state index < -0.39 is 0 Å². The van der Waals surface area contributed by atoms with Crippen LogP contribution in [0.25, 0.3) is 0 Å². The minimum atomic E-state index is -0.0858. The average Bonchev–Trinajstić information content (AvgIpc) is 3.10. The fraction of sp³-hybridized carbons (Fsp3) is 0.292. The highest BCUT2D eigenvalue weighted by Gasteiger charge is 2.26. The van der Waals surface area contributed by atoms with Crippen LogP contribution in [0.15, 0.2) is 54.7 Å². The van der Waals surface area contributed by atoms with E-state index in [0.29, 0.717) is 31.7 Å². The lowest BCUT2D eigenvalue weighted by molar-refractivity contribution is 0.0985. The van der Waals surface area contributed by atoms with Gasteiger partial charge in [-0.1, -0.05) is 24.3 Å². The van der Waals surface area contributed by atoms with Gasteiger partial charge >= 0.3 is 6.03 Å². The van der Waals surface area contributed by atoms with Crippen LogP contribution in [0, 0.1) is 0 Å². The molecule has 0 spiro atoms. The quantitative estimate of drug-likeness (QED) is 0.576. The third kappa shape index (κ3) is 4.27. The zero-order valence-electron chi connectivity index (χ0n) is 18.5. The molecule has 1 fully saturated rings. The van der Waals surface area contributed by atoms with Crippen LogP contribution in [0.5, 0.6) is 0 Å².